The Morgan fingerprint density at radius 3 is 2.70 bits per heavy atom. The van der Waals surface area contributed by atoms with Crippen LogP contribution >= 0.6 is 23.1 Å². The van der Waals surface area contributed by atoms with Gasteiger partial charge in [0.2, 0.25) is 17.7 Å². The van der Waals surface area contributed by atoms with Gasteiger partial charge in [-0.15, -0.1) is 11.8 Å². The summed E-state index contributed by atoms with van der Waals surface area (Å²) in [4.78, 5) is 41.1. The van der Waals surface area contributed by atoms with E-state index in [4.69, 9.17) is 0 Å². The summed E-state index contributed by atoms with van der Waals surface area (Å²) in [6, 6.07) is 17.4. The number of benzene rings is 2. The lowest BCUT2D eigenvalue weighted by Crippen LogP contribution is -2.56. The van der Waals surface area contributed by atoms with E-state index in [2.05, 4.69) is 26.3 Å². The first kappa shape index (κ1) is 23.2. The molecule has 1 aromatic heterocycles. The Labute approximate surface area is 199 Å². The molecule has 0 spiro atoms. The number of carbonyl (C=O) groups is 3. The van der Waals surface area contributed by atoms with Crippen molar-refractivity contribution in [2.45, 2.75) is 30.8 Å². The molecule has 10 heteroatoms. The van der Waals surface area contributed by atoms with Gasteiger partial charge in [-0.1, -0.05) is 53.8 Å². The topological polar surface area (TPSA) is 112 Å². The molecule has 4 N–H and O–H groups in total. The Morgan fingerprint density at radius 2 is 1.88 bits per heavy atom. The van der Waals surface area contributed by atoms with Crippen molar-refractivity contribution in [3.63, 3.8) is 0 Å². The van der Waals surface area contributed by atoms with Crippen molar-refractivity contribution in [2.75, 3.05) is 17.6 Å². The molecular weight excluding hydrogens is 458 g/mol. The van der Waals surface area contributed by atoms with Gasteiger partial charge in [-0.25, -0.2) is 4.98 Å². The Balaban J connectivity index is 1.19. The van der Waals surface area contributed by atoms with Crippen LogP contribution in [-0.2, 0) is 20.8 Å². The molecule has 2 aromatic carbocycles. The maximum absolute atomic E-state index is 12.3. The van der Waals surface area contributed by atoms with Crippen LogP contribution in [0.5, 0.6) is 0 Å². The predicted molar refractivity (Wildman–Crippen MR) is 132 cm³/mol. The van der Waals surface area contributed by atoms with Gasteiger partial charge in [0.15, 0.2) is 5.13 Å². The number of nitrogens with one attached hydrogen (secondary N) is 4. The third-order valence-corrected chi connectivity index (χ3v) is 7.01. The lowest BCUT2D eigenvalue weighted by atomic mass is 10.1. The smallest absolute Gasteiger partial charge is 0.236 e. The highest BCUT2D eigenvalue weighted by Crippen LogP contribution is 2.25. The predicted octanol–water partition coefficient (Wildman–Crippen LogP) is 2.48. The number of fused-ring (bicyclic) bond motifs is 1. The minimum Gasteiger partial charge on any atom is -0.356 e. The molecule has 1 fully saturated rings. The van der Waals surface area contributed by atoms with Crippen molar-refractivity contribution in [2.24, 2.45) is 0 Å². The lowest BCUT2D eigenvalue weighted by Gasteiger charge is -2.30. The molecule has 2 unspecified atom stereocenters. The standard InChI is InChI=1S/C23H25N5O3S2/c29-19(24-11-10-15-6-2-1-3-7-15)12-16-13-20(30)27-22(25-16)32-14-21(31)28-23-26-17-8-4-5-9-18(17)33-23/h1-9,16,22,25H,10-14H2,(H,24,29)(H,27,30)(H,26,28,31). The number of rotatable bonds is 9. The quantitative estimate of drug-likeness (QED) is 0.372. The van der Waals surface area contributed by atoms with Gasteiger partial charge in [-0.05, 0) is 24.1 Å². The maximum atomic E-state index is 12.3. The third-order valence-electron chi connectivity index (χ3n) is 5.04. The van der Waals surface area contributed by atoms with E-state index in [1.54, 1.807) is 0 Å². The van der Waals surface area contributed by atoms with E-state index >= 15 is 0 Å². The molecule has 4 rings (SSSR count). The Bertz CT molecular complexity index is 1090. The van der Waals surface area contributed by atoms with E-state index < -0.39 is 5.50 Å². The molecule has 1 saturated heterocycles. The fourth-order valence-corrected chi connectivity index (χ4v) is 5.27. The highest BCUT2D eigenvalue weighted by Gasteiger charge is 2.28. The molecule has 0 saturated carbocycles. The van der Waals surface area contributed by atoms with E-state index in [1.165, 1.54) is 23.1 Å². The highest BCUT2D eigenvalue weighted by atomic mass is 32.2. The van der Waals surface area contributed by atoms with Gasteiger partial charge in [-0.2, -0.15) is 0 Å². The monoisotopic (exact) mass is 483 g/mol. The molecule has 8 nitrogen and oxygen atoms in total. The minimum absolute atomic E-state index is 0.101. The van der Waals surface area contributed by atoms with Gasteiger partial charge in [-0.3, -0.25) is 19.7 Å². The summed E-state index contributed by atoms with van der Waals surface area (Å²) in [5.74, 6) is -0.296. The van der Waals surface area contributed by atoms with Crippen LogP contribution in [0, 0.1) is 0 Å². The fourth-order valence-electron chi connectivity index (χ4n) is 3.49. The molecule has 2 atom stereocenters. The number of aromatic nitrogens is 1. The number of amides is 3. The fraction of sp³-hybridized carbons (Fsp3) is 0.304. The summed E-state index contributed by atoms with van der Waals surface area (Å²) >= 11 is 2.69. The average Bonchev–Trinajstić information content (AvgIpc) is 3.20. The second kappa shape index (κ2) is 11.3. The Morgan fingerprint density at radius 1 is 1.09 bits per heavy atom. The van der Waals surface area contributed by atoms with Crippen molar-refractivity contribution in [1.29, 1.82) is 0 Å². The summed E-state index contributed by atoms with van der Waals surface area (Å²) in [5.41, 5.74) is 1.57. The molecule has 172 valence electrons. The molecule has 0 radical (unpaired) electrons. The van der Waals surface area contributed by atoms with Crippen LogP contribution in [0.25, 0.3) is 10.2 Å². The SMILES string of the molecule is O=C(CC1CC(=O)NC(SCC(=O)Nc2nc3ccccc3s2)N1)NCCc1ccccc1. The van der Waals surface area contributed by atoms with Crippen LogP contribution in [0.1, 0.15) is 18.4 Å². The van der Waals surface area contributed by atoms with Crippen molar-refractivity contribution < 1.29 is 14.4 Å². The molecule has 0 aliphatic carbocycles. The minimum atomic E-state index is -0.436. The zero-order valence-electron chi connectivity index (χ0n) is 17.9. The van der Waals surface area contributed by atoms with E-state index in [9.17, 15) is 14.4 Å². The van der Waals surface area contributed by atoms with Crippen LogP contribution in [0.4, 0.5) is 5.13 Å². The first-order valence-electron chi connectivity index (χ1n) is 10.7. The van der Waals surface area contributed by atoms with E-state index in [1.807, 2.05) is 54.6 Å². The van der Waals surface area contributed by atoms with E-state index in [-0.39, 0.29) is 42.4 Å². The number of hydrogen-bond acceptors (Lipinski definition) is 7. The van der Waals surface area contributed by atoms with Crippen molar-refractivity contribution in [3.8, 4) is 0 Å². The lowest BCUT2D eigenvalue weighted by molar-refractivity contribution is -0.125. The summed E-state index contributed by atoms with van der Waals surface area (Å²) in [5, 5.41) is 12.3. The molecule has 2 heterocycles. The number of thioether (sulfide) groups is 1. The number of nitrogens with zero attached hydrogens (tertiary/aromatic N) is 1. The van der Waals surface area contributed by atoms with Gasteiger partial charge in [0, 0.05) is 25.4 Å². The van der Waals surface area contributed by atoms with Crippen molar-refractivity contribution >= 4 is 56.2 Å². The first-order chi connectivity index (χ1) is 16.0. The third kappa shape index (κ3) is 7.01. The first-order valence-corrected chi connectivity index (χ1v) is 12.5. The van der Waals surface area contributed by atoms with Crippen LogP contribution < -0.4 is 21.3 Å². The largest absolute Gasteiger partial charge is 0.356 e. The Hall–Kier alpha value is -2.95. The second-order valence-electron chi connectivity index (χ2n) is 7.65. The molecule has 1 aliphatic rings. The number of para-hydroxylation sites is 1. The van der Waals surface area contributed by atoms with Gasteiger partial charge < -0.3 is 16.0 Å². The zero-order chi connectivity index (χ0) is 23.0. The number of thiazole rings is 1. The molecular formula is C23H25N5O3S2. The zero-order valence-corrected chi connectivity index (χ0v) is 19.5. The normalized spacial score (nSPS) is 18.0. The van der Waals surface area contributed by atoms with Crippen LogP contribution in [0.15, 0.2) is 54.6 Å². The Kier molecular flexibility index (Phi) is 7.92. The molecule has 33 heavy (non-hydrogen) atoms. The second-order valence-corrected chi connectivity index (χ2v) is 9.77. The summed E-state index contributed by atoms with van der Waals surface area (Å²) < 4.78 is 1.01. The van der Waals surface area contributed by atoms with Crippen LogP contribution in [0.3, 0.4) is 0 Å². The van der Waals surface area contributed by atoms with Crippen molar-refractivity contribution in [1.82, 2.24) is 20.9 Å². The molecule has 3 amide bonds. The number of carbonyl (C=O) groups excluding carboxylic acids is 3. The molecule has 0 bridgehead atoms. The molecule has 3 aromatic rings. The van der Waals surface area contributed by atoms with Crippen LogP contribution in [-0.4, -0.2) is 46.5 Å². The number of anilines is 1. The van der Waals surface area contributed by atoms with E-state index in [0.29, 0.717) is 11.7 Å². The summed E-state index contributed by atoms with van der Waals surface area (Å²) in [7, 11) is 0. The van der Waals surface area contributed by atoms with Gasteiger partial charge in [0.25, 0.3) is 0 Å². The summed E-state index contributed by atoms with van der Waals surface area (Å²) in [6.45, 7) is 0.547. The summed E-state index contributed by atoms with van der Waals surface area (Å²) in [6.07, 6.45) is 1.19. The highest BCUT2D eigenvalue weighted by molar-refractivity contribution is 8.00. The maximum Gasteiger partial charge on any atom is 0.236 e. The number of hydrogen-bond donors (Lipinski definition) is 4. The van der Waals surface area contributed by atoms with Crippen molar-refractivity contribution in [3.05, 3.63) is 60.2 Å². The van der Waals surface area contributed by atoms with Gasteiger partial charge in [0.1, 0.15) is 5.50 Å². The van der Waals surface area contributed by atoms with Gasteiger partial charge in [0.05, 0.1) is 16.0 Å². The van der Waals surface area contributed by atoms with Crippen LogP contribution in [0.2, 0.25) is 0 Å². The van der Waals surface area contributed by atoms with E-state index in [0.717, 1.165) is 22.2 Å². The average molecular weight is 484 g/mol. The van der Waals surface area contributed by atoms with Gasteiger partial charge >= 0.3 is 0 Å². The molecule has 1 aliphatic heterocycles.